The summed E-state index contributed by atoms with van der Waals surface area (Å²) < 4.78 is 60.1. The van der Waals surface area contributed by atoms with E-state index in [0.717, 1.165) is 18.2 Å². The van der Waals surface area contributed by atoms with E-state index in [1.165, 1.54) is 6.07 Å². The molecule has 1 heterocycles. The summed E-state index contributed by atoms with van der Waals surface area (Å²) in [6.07, 6.45) is -4.57. The van der Waals surface area contributed by atoms with Gasteiger partial charge in [-0.15, -0.1) is 10.2 Å². The summed E-state index contributed by atoms with van der Waals surface area (Å²) in [5.41, 5.74) is 5.41. The quantitative estimate of drug-likeness (QED) is 0.750. The summed E-state index contributed by atoms with van der Waals surface area (Å²) in [6, 6.07) is 4.26. The summed E-state index contributed by atoms with van der Waals surface area (Å²) in [4.78, 5) is 0. The van der Waals surface area contributed by atoms with E-state index in [0.29, 0.717) is 5.56 Å². The van der Waals surface area contributed by atoms with Gasteiger partial charge < -0.3 is 5.73 Å². The fraction of sp³-hybridized carbons (Fsp3) is 0.167. The van der Waals surface area contributed by atoms with Gasteiger partial charge in [-0.25, -0.2) is 4.21 Å². The molecule has 0 aliphatic heterocycles. The van der Waals surface area contributed by atoms with Crippen LogP contribution in [0.4, 0.5) is 24.7 Å². The molecule has 0 fully saturated rings. The van der Waals surface area contributed by atoms with Crippen LogP contribution in [-0.2, 0) is 17.4 Å². The molecule has 22 heavy (non-hydrogen) atoms. The molecule has 118 valence electrons. The maximum atomic E-state index is 12.7. The van der Waals surface area contributed by atoms with Crippen LogP contribution >= 0.6 is 0 Å². The third-order valence-corrected chi connectivity index (χ3v) is 3.24. The van der Waals surface area contributed by atoms with Crippen molar-refractivity contribution < 1.29 is 21.9 Å². The van der Waals surface area contributed by atoms with Crippen molar-refractivity contribution in [2.45, 2.75) is 13.1 Å². The molecule has 0 radical (unpaired) electrons. The van der Waals surface area contributed by atoms with Crippen molar-refractivity contribution in [2.75, 3.05) is 10.5 Å². The van der Waals surface area contributed by atoms with Crippen LogP contribution in [0, 0.1) is 6.92 Å². The van der Waals surface area contributed by atoms with E-state index in [4.69, 9.17) is 10.3 Å². The number of halogens is 3. The molecule has 0 aliphatic carbocycles. The number of aromatic nitrogens is 2. The van der Waals surface area contributed by atoms with Crippen molar-refractivity contribution in [3.8, 4) is 11.3 Å². The lowest BCUT2D eigenvalue weighted by atomic mass is 10.0. The van der Waals surface area contributed by atoms with Crippen molar-refractivity contribution in [1.29, 1.82) is 0 Å². The lowest BCUT2D eigenvalue weighted by Gasteiger charge is -2.13. The Balaban J connectivity index is 2.58. The number of aryl methyl sites for hydroxylation is 1. The van der Waals surface area contributed by atoms with Gasteiger partial charge >= 0.3 is 6.18 Å². The van der Waals surface area contributed by atoms with Crippen molar-refractivity contribution >= 4 is 22.8 Å². The first kappa shape index (κ1) is 16.2. The second kappa shape index (κ2) is 5.89. The Morgan fingerprint density at radius 3 is 2.50 bits per heavy atom. The molecular weight excluding hydrogens is 321 g/mol. The van der Waals surface area contributed by atoms with Crippen LogP contribution in [0.3, 0.4) is 0 Å². The number of anilines is 2. The summed E-state index contributed by atoms with van der Waals surface area (Å²) in [6.45, 7) is 1.66. The number of hydrogen-bond acceptors (Lipinski definition) is 4. The van der Waals surface area contributed by atoms with E-state index in [2.05, 4.69) is 10.2 Å². The largest absolute Gasteiger partial charge is 0.416 e. The van der Waals surface area contributed by atoms with Gasteiger partial charge in [0.2, 0.25) is 0 Å². The second-order valence-electron chi connectivity index (χ2n) is 4.41. The van der Waals surface area contributed by atoms with Gasteiger partial charge in [-0.3, -0.25) is 9.27 Å². The summed E-state index contributed by atoms with van der Waals surface area (Å²) in [5, 5.41) is 7.48. The molecule has 4 N–H and O–H groups in total. The molecule has 0 amide bonds. The molecule has 2 rings (SSSR count). The Kier molecular flexibility index (Phi) is 4.33. The first-order valence-electron chi connectivity index (χ1n) is 5.87. The summed E-state index contributed by atoms with van der Waals surface area (Å²) >= 11 is -2.54. The number of nitrogens with one attached hydrogen (secondary N) is 1. The van der Waals surface area contributed by atoms with E-state index >= 15 is 0 Å². The van der Waals surface area contributed by atoms with E-state index in [9.17, 15) is 17.4 Å². The molecule has 1 aromatic heterocycles. The van der Waals surface area contributed by atoms with E-state index < -0.39 is 23.0 Å². The maximum absolute atomic E-state index is 12.7. The zero-order valence-corrected chi connectivity index (χ0v) is 12.0. The number of rotatable bonds is 3. The number of benzene rings is 1. The topological polar surface area (TPSA) is 101 Å². The van der Waals surface area contributed by atoms with Gasteiger partial charge in [-0.05, 0) is 30.7 Å². The van der Waals surface area contributed by atoms with Gasteiger partial charge in [0.05, 0.1) is 16.9 Å². The molecule has 0 aliphatic rings. The van der Waals surface area contributed by atoms with Crippen LogP contribution in [0.25, 0.3) is 11.3 Å². The summed E-state index contributed by atoms with van der Waals surface area (Å²) in [5.74, 6) is 0.191. The van der Waals surface area contributed by atoms with Gasteiger partial charge in [-0.2, -0.15) is 13.2 Å². The molecule has 0 spiro atoms. The highest BCUT2D eigenvalue weighted by atomic mass is 32.2. The van der Waals surface area contributed by atoms with Crippen molar-refractivity contribution in [3.63, 3.8) is 0 Å². The number of nitrogen functional groups attached to an aromatic ring is 1. The fourth-order valence-electron chi connectivity index (χ4n) is 1.75. The molecule has 1 unspecified atom stereocenters. The second-order valence-corrected chi connectivity index (χ2v) is 5.11. The van der Waals surface area contributed by atoms with Crippen LogP contribution in [0.2, 0.25) is 0 Å². The Labute approximate surface area is 126 Å². The normalized spacial score (nSPS) is 13.0. The average Bonchev–Trinajstić information content (AvgIpc) is 2.40. The van der Waals surface area contributed by atoms with Crippen molar-refractivity contribution in [3.05, 3.63) is 35.4 Å². The first-order chi connectivity index (χ1) is 10.2. The molecule has 10 heteroatoms. The standard InChI is InChI=1S/C12H11F3N4O2S/c1-6-4-9(17-18-11(6)16)8-3-2-7(12(13,14)15)5-10(8)19-22(20)21/h2-5,19H,1H3,(H2,16,18)(H,20,21). The zero-order chi connectivity index (χ0) is 16.5. The molecule has 0 saturated heterocycles. The molecule has 2 aromatic rings. The molecule has 1 aromatic carbocycles. The van der Waals surface area contributed by atoms with Crippen LogP contribution < -0.4 is 10.5 Å². The highest BCUT2D eigenvalue weighted by molar-refractivity contribution is 7.80. The Morgan fingerprint density at radius 1 is 1.27 bits per heavy atom. The lowest BCUT2D eigenvalue weighted by Crippen LogP contribution is -2.09. The number of alkyl halides is 3. The molecule has 0 saturated carbocycles. The molecule has 0 bridgehead atoms. The Bertz CT molecular complexity index is 737. The number of nitrogens with two attached hydrogens (primary N) is 1. The van der Waals surface area contributed by atoms with Gasteiger partial charge in [0.1, 0.15) is 5.82 Å². The smallest absolute Gasteiger partial charge is 0.382 e. The summed E-state index contributed by atoms with van der Waals surface area (Å²) in [7, 11) is 0. The monoisotopic (exact) mass is 332 g/mol. The predicted octanol–water partition coefficient (Wildman–Crippen LogP) is 2.60. The lowest BCUT2D eigenvalue weighted by molar-refractivity contribution is -0.137. The van der Waals surface area contributed by atoms with Crippen LogP contribution in [0.15, 0.2) is 24.3 Å². The number of hydrogen-bond donors (Lipinski definition) is 3. The highest BCUT2D eigenvalue weighted by Crippen LogP contribution is 2.35. The van der Waals surface area contributed by atoms with E-state index in [1.54, 1.807) is 6.92 Å². The van der Waals surface area contributed by atoms with Crippen molar-refractivity contribution in [1.82, 2.24) is 10.2 Å². The Morgan fingerprint density at radius 2 is 1.95 bits per heavy atom. The molecule has 6 nitrogen and oxygen atoms in total. The SMILES string of the molecule is Cc1cc(-c2ccc(C(F)(F)F)cc2NS(=O)O)nnc1N. The maximum Gasteiger partial charge on any atom is 0.416 e. The third-order valence-electron chi connectivity index (χ3n) is 2.84. The van der Waals surface area contributed by atoms with Gasteiger partial charge in [0, 0.05) is 5.56 Å². The average molecular weight is 332 g/mol. The molecular formula is C12H11F3N4O2S. The van der Waals surface area contributed by atoms with E-state index in [-0.39, 0.29) is 22.8 Å². The Hall–Kier alpha value is -2.20. The molecule has 1 atom stereocenters. The van der Waals surface area contributed by atoms with Crippen LogP contribution in [-0.4, -0.2) is 19.0 Å². The highest BCUT2D eigenvalue weighted by Gasteiger charge is 2.31. The van der Waals surface area contributed by atoms with Gasteiger partial charge in [0.25, 0.3) is 11.3 Å². The number of nitrogens with zero attached hydrogens (tertiary/aromatic N) is 2. The van der Waals surface area contributed by atoms with Crippen LogP contribution in [0.1, 0.15) is 11.1 Å². The minimum absolute atomic E-state index is 0.186. The zero-order valence-electron chi connectivity index (χ0n) is 11.2. The van der Waals surface area contributed by atoms with E-state index in [1.807, 2.05) is 4.72 Å². The van der Waals surface area contributed by atoms with Gasteiger partial charge in [-0.1, -0.05) is 6.07 Å². The predicted molar refractivity (Wildman–Crippen MR) is 76.0 cm³/mol. The minimum atomic E-state index is -4.57. The first-order valence-corrected chi connectivity index (χ1v) is 6.98. The van der Waals surface area contributed by atoms with Crippen LogP contribution in [0.5, 0.6) is 0 Å². The fourth-order valence-corrected chi connectivity index (χ4v) is 2.11. The third kappa shape index (κ3) is 3.52. The minimum Gasteiger partial charge on any atom is -0.382 e. The van der Waals surface area contributed by atoms with Gasteiger partial charge in [0.15, 0.2) is 0 Å². The van der Waals surface area contributed by atoms with Crippen molar-refractivity contribution in [2.24, 2.45) is 0 Å².